The van der Waals surface area contributed by atoms with Gasteiger partial charge in [0.25, 0.3) is 0 Å². The van der Waals surface area contributed by atoms with Gasteiger partial charge in [0.2, 0.25) is 5.91 Å². The monoisotopic (exact) mass is 481 g/mol. The number of esters is 2. The molecule has 35 heavy (non-hydrogen) atoms. The number of carbonyl (C=O) groups excluding carboxylic acids is 4. The molecule has 186 valence electrons. The van der Waals surface area contributed by atoms with Crippen molar-refractivity contribution in [1.82, 2.24) is 10.2 Å². The summed E-state index contributed by atoms with van der Waals surface area (Å²) in [5.41, 5.74) is 0.876. The molecular weight excluding hydrogens is 450 g/mol. The zero-order chi connectivity index (χ0) is 25.6. The van der Waals surface area contributed by atoms with Crippen molar-refractivity contribution < 1.29 is 28.7 Å². The van der Waals surface area contributed by atoms with Crippen molar-refractivity contribution in [2.24, 2.45) is 0 Å². The van der Waals surface area contributed by atoms with E-state index in [1.165, 1.54) is 18.1 Å². The minimum Gasteiger partial charge on any atom is -0.465 e. The van der Waals surface area contributed by atoms with E-state index in [1.807, 2.05) is 30.3 Å². The molecule has 2 atom stereocenters. The fraction of sp³-hybridized carbons (Fsp3) is 0.385. The van der Waals surface area contributed by atoms with E-state index in [2.05, 4.69) is 15.4 Å². The lowest BCUT2D eigenvalue weighted by Gasteiger charge is -2.31. The fourth-order valence-electron chi connectivity index (χ4n) is 4.03. The smallest absolute Gasteiger partial charge is 0.337 e. The number of benzene rings is 2. The zero-order valence-electron chi connectivity index (χ0n) is 20.4. The van der Waals surface area contributed by atoms with E-state index in [-0.39, 0.29) is 18.2 Å². The van der Waals surface area contributed by atoms with E-state index in [4.69, 9.17) is 4.74 Å². The highest BCUT2D eigenvalue weighted by Gasteiger charge is 2.43. The van der Waals surface area contributed by atoms with Gasteiger partial charge in [0.15, 0.2) is 0 Å². The summed E-state index contributed by atoms with van der Waals surface area (Å²) in [6, 6.07) is 14.1. The molecule has 0 spiro atoms. The molecule has 1 aliphatic rings. The van der Waals surface area contributed by atoms with Gasteiger partial charge in [-0.15, -0.1) is 0 Å². The van der Waals surface area contributed by atoms with Gasteiger partial charge in [-0.1, -0.05) is 36.4 Å². The summed E-state index contributed by atoms with van der Waals surface area (Å²) in [4.78, 5) is 51.8. The molecule has 1 fully saturated rings. The summed E-state index contributed by atoms with van der Waals surface area (Å²) in [5.74, 6) is -1.39. The Bertz CT molecular complexity index is 1080. The molecule has 0 radical (unpaired) electrons. The number of hydrogen-bond donors (Lipinski definition) is 2. The van der Waals surface area contributed by atoms with Gasteiger partial charge in [-0.05, 0) is 57.4 Å². The van der Waals surface area contributed by atoms with Crippen LogP contribution in [-0.2, 0) is 19.1 Å². The quantitative estimate of drug-likeness (QED) is 0.609. The Morgan fingerprint density at radius 3 is 2.37 bits per heavy atom. The van der Waals surface area contributed by atoms with Crippen molar-refractivity contribution in [3.05, 3.63) is 65.7 Å². The molecule has 2 unspecified atom stereocenters. The van der Waals surface area contributed by atoms with Crippen LogP contribution in [0.15, 0.2) is 54.6 Å². The molecule has 3 amide bonds. The Morgan fingerprint density at radius 2 is 1.71 bits per heavy atom. The summed E-state index contributed by atoms with van der Waals surface area (Å²) in [5, 5.41) is 5.14. The molecule has 9 nitrogen and oxygen atoms in total. The molecule has 0 saturated carbocycles. The summed E-state index contributed by atoms with van der Waals surface area (Å²) < 4.78 is 10.2. The van der Waals surface area contributed by atoms with E-state index in [9.17, 15) is 19.2 Å². The molecule has 1 saturated heterocycles. The molecule has 0 aliphatic carbocycles. The predicted molar refractivity (Wildman–Crippen MR) is 130 cm³/mol. The van der Waals surface area contributed by atoms with Crippen LogP contribution < -0.4 is 10.6 Å². The molecule has 2 aromatic rings. The molecule has 3 rings (SSSR count). The lowest BCUT2D eigenvalue weighted by Crippen LogP contribution is -2.48. The van der Waals surface area contributed by atoms with Gasteiger partial charge in [-0.25, -0.2) is 14.4 Å². The average molecular weight is 482 g/mol. The second-order valence-electron chi connectivity index (χ2n) is 9.23. The Kier molecular flexibility index (Phi) is 8.11. The predicted octanol–water partition coefficient (Wildman–Crippen LogP) is 3.67. The van der Waals surface area contributed by atoms with Crippen molar-refractivity contribution >= 4 is 29.6 Å². The highest BCUT2D eigenvalue weighted by molar-refractivity contribution is 5.95. The molecule has 1 aliphatic heterocycles. The van der Waals surface area contributed by atoms with Gasteiger partial charge in [0.05, 0.1) is 25.3 Å². The molecule has 1 heterocycles. The van der Waals surface area contributed by atoms with E-state index in [0.717, 1.165) is 5.56 Å². The van der Waals surface area contributed by atoms with Crippen LogP contribution in [-0.4, -0.2) is 54.1 Å². The van der Waals surface area contributed by atoms with Crippen molar-refractivity contribution in [2.75, 3.05) is 19.0 Å². The van der Waals surface area contributed by atoms with E-state index in [1.54, 1.807) is 39.0 Å². The molecule has 0 aromatic heterocycles. The molecule has 9 heteroatoms. The molecule has 0 bridgehead atoms. The van der Waals surface area contributed by atoms with Crippen LogP contribution >= 0.6 is 0 Å². The van der Waals surface area contributed by atoms with Crippen LogP contribution in [0.25, 0.3) is 0 Å². The maximum absolute atomic E-state index is 13.3. The van der Waals surface area contributed by atoms with Gasteiger partial charge >= 0.3 is 18.0 Å². The minimum atomic E-state index is -0.742. The lowest BCUT2D eigenvalue weighted by atomic mass is 10.0. The first-order chi connectivity index (χ1) is 16.6. The summed E-state index contributed by atoms with van der Waals surface area (Å²) in [6.07, 6.45) is 1.07. The van der Waals surface area contributed by atoms with Crippen molar-refractivity contribution in [3.63, 3.8) is 0 Å². The third kappa shape index (κ3) is 6.81. The number of hydrogen-bond acceptors (Lipinski definition) is 6. The Balaban J connectivity index is 1.70. The normalized spacial score (nSPS) is 17.4. The average Bonchev–Trinajstić information content (AvgIpc) is 3.27. The van der Waals surface area contributed by atoms with E-state index >= 15 is 0 Å². The standard InChI is InChI=1S/C26H31N3O6/c1-26(2,3)35-24(32)21-14-13-20(17-9-6-5-7-10-17)29(21)22(30)16-27-25(33)28-19-12-8-11-18(15-19)23(31)34-4/h5-12,15,20-21H,13-14,16H2,1-4H3,(H2,27,28,33). The highest BCUT2D eigenvalue weighted by atomic mass is 16.6. The fourth-order valence-corrected chi connectivity index (χ4v) is 4.03. The third-order valence-electron chi connectivity index (χ3n) is 5.48. The number of carbonyl (C=O) groups is 4. The third-order valence-corrected chi connectivity index (χ3v) is 5.48. The van der Waals surface area contributed by atoms with Crippen LogP contribution in [0.2, 0.25) is 0 Å². The Hall–Kier alpha value is -3.88. The number of amides is 3. The molecule has 2 aromatic carbocycles. The van der Waals surface area contributed by atoms with Crippen LogP contribution in [0.1, 0.15) is 55.6 Å². The maximum atomic E-state index is 13.3. The zero-order valence-corrected chi connectivity index (χ0v) is 20.4. The second kappa shape index (κ2) is 11.0. The number of nitrogens with one attached hydrogen (secondary N) is 2. The molecular formula is C26H31N3O6. The van der Waals surface area contributed by atoms with Crippen LogP contribution in [0, 0.1) is 0 Å². The first-order valence-electron chi connectivity index (χ1n) is 11.4. The number of urea groups is 1. The lowest BCUT2D eigenvalue weighted by molar-refractivity contribution is -0.164. The van der Waals surface area contributed by atoms with Crippen LogP contribution in [0.3, 0.4) is 0 Å². The van der Waals surface area contributed by atoms with Crippen LogP contribution in [0.4, 0.5) is 10.5 Å². The number of nitrogens with zero attached hydrogens (tertiary/aromatic N) is 1. The highest BCUT2D eigenvalue weighted by Crippen LogP contribution is 2.37. The molecule has 2 N–H and O–H groups in total. The van der Waals surface area contributed by atoms with Crippen molar-refractivity contribution in [1.29, 1.82) is 0 Å². The van der Waals surface area contributed by atoms with Gasteiger partial charge in [0, 0.05) is 5.69 Å². The number of anilines is 1. The number of rotatable bonds is 6. The first-order valence-corrected chi connectivity index (χ1v) is 11.4. The largest absolute Gasteiger partial charge is 0.465 e. The summed E-state index contributed by atoms with van der Waals surface area (Å²) >= 11 is 0. The van der Waals surface area contributed by atoms with Gasteiger partial charge < -0.3 is 25.0 Å². The first kappa shape index (κ1) is 25.7. The van der Waals surface area contributed by atoms with Gasteiger partial charge in [-0.2, -0.15) is 0 Å². The number of ether oxygens (including phenoxy) is 2. The van der Waals surface area contributed by atoms with Crippen molar-refractivity contribution in [2.45, 2.75) is 51.3 Å². The van der Waals surface area contributed by atoms with Crippen molar-refractivity contribution in [3.8, 4) is 0 Å². The van der Waals surface area contributed by atoms with Gasteiger partial charge in [-0.3, -0.25) is 4.79 Å². The van der Waals surface area contributed by atoms with Gasteiger partial charge in [0.1, 0.15) is 11.6 Å². The summed E-state index contributed by atoms with van der Waals surface area (Å²) in [6.45, 7) is 5.02. The Morgan fingerprint density at radius 1 is 1.00 bits per heavy atom. The van der Waals surface area contributed by atoms with E-state index in [0.29, 0.717) is 18.5 Å². The maximum Gasteiger partial charge on any atom is 0.337 e. The van der Waals surface area contributed by atoms with Crippen LogP contribution in [0.5, 0.6) is 0 Å². The Labute approximate surface area is 204 Å². The van der Waals surface area contributed by atoms with E-state index < -0.39 is 35.5 Å². The number of likely N-dealkylation sites (tertiary alicyclic amines) is 1. The second-order valence-corrected chi connectivity index (χ2v) is 9.23. The SMILES string of the molecule is COC(=O)c1cccc(NC(=O)NCC(=O)N2C(C(=O)OC(C)(C)C)CCC2c2ccccc2)c1. The minimum absolute atomic E-state index is 0.282. The topological polar surface area (TPSA) is 114 Å². The number of methoxy groups -OCH3 is 1. The summed E-state index contributed by atoms with van der Waals surface area (Å²) in [7, 11) is 1.27.